The summed E-state index contributed by atoms with van der Waals surface area (Å²) >= 11 is 0. The largest absolute Gasteiger partial charge is 0.432 e. The van der Waals surface area contributed by atoms with Gasteiger partial charge in [0, 0.05) is 42.3 Å². The van der Waals surface area contributed by atoms with Crippen LogP contribution in [-0.2, 0) is 31.3 Å². The van der Waals surface area contributed by atoms with E-state index in [0.29, 0.717) is 30.0 Å². The first-order valence-electron chi connectivity index (χ1n) is 18.4. The van der Waals surface area contributed by atoms with Crippen LogP contribution in [0.3, 0.4) is 0 Å². The zero-order valence-corrected chi connectivity index (χ0v) is 32.1. The molecule has 5 atom stereocenters. The SMILES string of the molecule is CC(C)=CCC/C(C)=C/CN1C(=O)[C@]2(O[C@H](CC(=O)N(CCO)Cc3ccccc3)[C@@H]([Si](C)(C)O)[C@@H]2C)c2cc(NC(=O)[C@H]3CCCN3)ccc21. The number of ether oxygens (including phenoxy) is 1. The number of aliphatic hydroxyl groups excluding tert-OH is 1. The quantitative estimate of drug-likeness (QED) is 0.147. The molecular weight excluding hydrogens is 661 g/mol. The van der Waals surface area contributed by atoms with Gasteiger partial charge >= 0.3 is 0 Å². The molecule has 3 amide bonds. The number of amides is 3. The van der Waals surface area contributed by atoms with Gasteiger partial charge in [0.15, 0.2) is 13.9 Å². The lowest BCUT2D eigenvalue weighted by Crippen LogP contribution is -2.46. The third kappa shape index (κ3) is 8.55. The van der Waals surface area contributed by atoms with Crippen LogP contribution in [0.1, 0.15) is 70.9 Å². The summed E-state index contributed by atoms with van der Waals surface area (Å²) in [4.78, 5) is 57.2. The smallest absolute Gasteiger partial charge is 0.264 e. The van der Waals surface area contributed by atoms with Crippen LogP contribution in [-0.4, -0.2) is 79.2 Å². The summed E-state index contributed by atoms with van der Waals surface area (Å²) in [6.45, 7) is 13.3. The maximum atomic E-state index is 14.9. The minimum atomic E-state index is -3.04. The van der Waals surface area contributed by atoms with E-state index in [1.807, 2.05) is 68.5 Å². The van der Waals surface area contributed by atoms with Crippen LogP contribution in [0.25, 0.3) is 0 Å². The Kier molecular flexibility index (Phi) is 12.4. The van der Waals surface area contributed by atoms with Gasteiger partial charge in [-0.15, -0.1) is 0 Å². The molecular formula is C40H56N4O6Si. The first-order valence-corrected chi connectivity index (χ1v) is 21.4. The van der Waals surface area contributed by atoms with Crippen molar-refractivity contribution in [2.45, 2.75) is 103 Å². The number of allylic oxidation sites excluding steroid dienone is 3. The summed E-state index contributed by atoms with van der Waals surface area (Å²) < 4.78 is 6.96. The van der Waals surface area contributed by atoms with E-state index in [4.69, 9.17) is 4.74 Å². The highest BCUT2D eigenvalue weighted by atomic mass is 28.4. The van der Waals surface area contributed by atoms with Gasteiger partial charge in [-0.3, -0.25) is 14.4 Å². The summed E-state index contributed by atoms with van der Waals surface area (Å²) in [6.07, 6.45) is 7.00. The number of hydrogen-bond donors (Lipinski definition) is 4. The van der Waals surface area contributed by atoms with Gasteiger partial charge in [-0.2, -0.15) is 0 Å². The molecule has 2 saturated heterocycles. The number of anilines is 2. The number of rotatable bonds is 14. The van der Waals surface area contributed by atoms with E-state index < -0.39 is 31.5 Å². The molecule has 0 unspecified atom stereocenters. The normalized spacial score (nSPS) is 24.6. The van der Waals surface area contributed by atoms with E-state index in [2.05, 4.69) is 43.6 Å². The fraction of sp³-hybridized carbons (Fsp3) is 0.525. The van der Waals surface area contributed by atoms with Crippen molar-refractivity contribution in [2.75, 3.05) is 36.5 Å². The molecule has 0 aromatic heterocycles. The van der Waals surface area contributed by atoms with Crippen molar-refractivity contribution in [3.05, 3.63) is 83.0 Å². The third-order valence-corrected chi connectivity index (χ3v) is 13.2. The lowest BCUT2D eigenvalue weighted by Gasteiger charge is -2.32. The molecule has 4 N–H and O–H groups in total. The molecule has 10 nitrogen and oxygen atoms in total. The monoisotopic (exact) mass is 716 g/mol. The van der Waals surface area contributed by atoms with E-state index in [1.54, 1.807) is 9.80 Å². The zero-order chi connectivity index (χ0) is 36.9. The zero-order valence-electron chi connectivity index (χ0n) is 31.1. The number of fused-ring (bicyclic) bond motifs is 2. The minimum absolute atomic E-state index is 0.0453. The second-order valence-corrected chi connectivity index (χ2v) is 19.2. The van der Waals surface area contributed by atoms with Crippen molar-refractivity contribution in [3.8, 4) is 0 Å². The van der Waals surface area contributed by atoms with Gasteiger partial charge in [-0.1, -0.05) is 60.6 Å². The van der Waals surface area contributed by atoms with E-state index in [9.17, 15) is 24.3 Å². The molecule has 276 valence electrons. The Morgan fingerprint density at radius 2 is 1.88 bits per heavy atom. The van der Waals surface area contributed by atoms with Crippen LogP contribution in [0.4, 0.5) is 11.4 Å². The highest BCUT2D eigenvalue weighted by molar-refractivity contribution is 6.71. The van der Waals surface area contributed by atoms with Crippen molar-refractivity contribution >= 4 is 37.4 Å². The number of hydrogen-bond acceptors (Lipinski definition) is 7. The van der Waals surface area contributed by atoms with Crippen LogP contribution in [0.2, 0.25) is 18.6 Å². The Morgan fingerprint density at radius 3 is 2.53 bits per heavy atom. The molecule has 2 aromatic carbocycles. The fourth-order valence-electron chi connectivity index (χ4n) is 8.13. The van der Waals surface area contributed by atoms with Gasteiger partial charge in [0.05, 0.1) is 30.9 Å². The summed E-state index contributed by atoms with van der Waals surface area (Å²) in [5.74, 6) is -1.03. The van der Waals surface area contributed by atoms with Gasteiger partial charge < -0.3 is 35.1 Å². The molecule has 0 radical (unpaired) electrons. The van der Waals surface area contributed by atoms with Crippen molar-refractivity contribution in [3.63, 3.8) is 0 Å². The standard InChI is InChI=1S/C40H56N4O6Si/c1-27(2)12-10-13-28(3)19-21-44-34-18-17-31(42-38(47)33-16-11-20-41-33)24-32(34)40(39(44)48)29(4)37(51(5,6)49)35(50-40)25-36(46)43(22-23-45)26-30-14-8-7-9-15-30/h7-9,12,14-15,17-19,24,29,33,35,37,41,45,49H,10-11,13,16,20-23,25-26H2,1-6H3,(H,42,47)/b28-19+/t29-,33+,35+,37-,40+/m0/s1. The van der Waals surface area contributed by atoms with Gasteiger partial charge in [0.1, 0.15) is 0 Å². The highest BCUT2D eigenvalue weighted by Gasteiger charge is 2.66. The maximum absolute atomic E-state index is 14.9. The molecule has 0 bridgehead atoms. The molecule has 3 aliphatic rings. The van der Waals surface area contributed by atoms with Gasteiger partial charge in [0.2, 0.25) is 11.8 Å². The van der Waals surface area contributed by atoms with Crippen molar-refractivity contribution < 1.29 is 29.0 Å². The predicted octanol–water partition coefficient (Wildman–Crippen LogP) is 5.63. The Balaban J connectivity index is 1.50. The molecule has 0 aliphatic carbocycles. The molecule has 2 fully saturated rings. The minimum Gasteiger partial charge on any atom is -0.432 e. The van der Waals surface area contributed by atoms with E-state index >= 15 is 0 Å². The van der Waals surface area contributed by atoms with Gasteiger partial charge in [-0.05, 0) is 89.9 Å². The van der Waals surface area contributed by atoms with Crippen LogP contribution in [0.15, 0.2) is 71.8 Å². The first-order chi connectivity index (χ1) is 24.3. The number of carbonyl (C=O) groups excluding carboxylic acids is 3. The van der Waals surface area contributed by atoms with Crippen LogP contribution in [0, 0.1) is 5.92 Å². The van der Waals surface area contributed by atoms with E-state index in [1.165, 1.54) is 11.1 Å². The average Bonchev–Trinajstić information content (AvgIpc) is 3.77. The molecule has 0 saturated carbocycles. The first kappa shape index (κ1) is 38.6. The van der Waals surface area contributed by atoms with Gasteiger partial charge in [-0.25, -0.2) is 0 Å². The Labute approximate surface area is 304 Å². The average molecular weight is 717 g/mol. The van der Waals surface area contributed by atoms with Crippen LogP contribution in [0.5, 0.6) is 0 Å². The molecule has 51 heavy (non-hydrogen) atoms. The summed E-state index contributed by atoms with van der Waals surface area (Å²) in [5.41, 5.74) is 3.37. The molecule has 3 aliphatic heterocycles. The van der Waals surface area contributed by atoms with Crippen molar-refractivity contribution in [1.29, 1.82) is 0 Å². The van der Waals surface area contributed by atoms with Crippen LogP contribution >= 0.6 is 0 Å². The number of aliphatic hydroxyl groups is 1. The second kappa shape index (κ2) is 16.4. The number of benzene rings is 2. The summed E-state index contributed by atoms with van der Waals surface area (Å²) in [7, 11) is -3.04. The lowest BCUT2D eigenvalue weighted by atomic mass is 9.82. The Bertz CT molecular complexity index is 1630. The summed E-state index contributed by atoms with van der Waals surface area (Å²) in [5, 5.41) is 16.2. The number of nitrogens with one attached hydrogen (secondary N) is 2. The highest BCUT2D eigenvalue weighted by Crippen LogP contribution is 2.60. The molecule has 3 heterocycles. The summed E-state index contributed by atoms with van der Waals surface area (Å²) in [6, 6.07) is 14.9. The Morgan fingerprint density at radius 1 is 1.14 bits per heavy atom. The molecule has 2 aromatic rings. The van der Waals surface area contributed by atoms with E-state index in [-0.39, 0.29) is 43.3 Å². The lowest BCUT2D eigenvalue weighted by molar-refractivity contribution is -0.149. The maximum Gasteiger partial charge on any atom is 0.264 e. The molecule has 1 spiro atoms. The number of nitrogens with zero attached hydrogens (tertiary/aromatic N) is 2. The molecule has 11 heteroatoms. The fourth-order valence-corrected chi connectivity index (χ4v) is 10.7. The predicted molar refractivity (Wildman–Crippen MR) is 204 cm³/mol. The van der Waals surface area contributed by atoms with Gasteiger partial charge in [0.25, 0.3) is 5.91 Å². The number of carbonyl (C=O) groups is 3. The van der Waals surface area contributed by atoms with Crippen LogP contribution < -0.4 is 15.5 Å². The van der Waals surface area contributed by atoms with Crippen molar-refractivity contribution in [1.82, 2.24) is 10.2 Å². The molecule has 5 rings (SSSR count). The van der Waals surface area contributed by atoms with E-state index in [0.717, 1.165) is 37.8 Å². The topological polar surface area (TPSA) is 131 Å². The second-order valence-electron chi connectivity index (χ2n) is 15.2. The van der Waals surface area contributed by atoms with Crippen molar-refractivity contribution in [2.24, 2.45) is 5.92 Å². The Hall–Kier alpha value is -3.61. The third-order valence-electron chi connectivity index (χ3n) is 10.7.